The van der Waals surface area contributed by atoms with Crippen LogP contribution in [0.15, 0.2) is 0 Å². The summed E-state index contributed by atoms with van der Waals surface area (Å²) in [6.07, 6.45) is 2.37. The van der Waals surface area contributed by atoms with E-state index in [0.29, 0.717) is 12.3 Å². The predicted octanol–water partition coefficient (Wildman–Crippen LogP) is 0.999. The van der Waals surface area contributed by atoms with Crippen LogP contribution in [0, 0.1) is 5.92 Å². The van der Waals surface area contributed by atoms with E-state index in [0.717, 1.165) is 32.5 Å². The summed E-state index contributed by atoms with van der Waals surface area (Å²) in [6, 6.07) is 0. The Morgan fingerprint density at radius 3 is 2.81 bits per heavy atom. The van der Waals surface area contributed by atoms with Crippen LogP contribution in [0.1, 0.15) is 33.1 Å². The molecule has 1 heterocycles. The van der Waals surface area contributed by atoms with Crippen LogP contribution in [0.25, 0.3) is 0 Å². The normalized spacial score (nSPS) is 21.5. The topological polar surface area (TPSA) is 55.6 Å². The minimum atomic E-state index is -0.249. The fourth-order valence-corrected chi connectivity index (χ4v) is 2.02. The Morgan fingerprint density at radius 1 is 1.56 bits per heavy atom. The second kappa shape index (κ2) is 5.64. The van der Waals surface area contributed by atoms with E-state index in [9.17, 15) is 4.79 Å². The molecule has 1 aliphatic rings. The van der Waals surface area contributed by atoms with E-state index in [4.69, 9.17) is 10.5 Å². The molecule has 0 saturated carbocycles. The molecule has 4 nitrogen and oxygen atoms in total. The number of hydrogen-bond donors (Lipinski definition) is 1. The van der Waals surface area contributed by atoms with E-state index in [1.54, 1.807) is 7.11 Å². The quantitative estimate of drug-likeness (QED) is 0.763. The van der Waals surface area contributed by atoms with Crippen LogP contribution in [-0.4, -0.2) is 43.2 Å². The second-order valence-electron chi connectivity index (χ2n) is 5.44. The first-order chi connectivity index (χ1) is 7.42. The maximum absolute atomic E-state index is 11.9. The van der Waals surface area contributed by atoms with Gasteiger partial charge in [0.1, 0.15) is 0 Å². The number of hydrogen-bond acceptors (Lipinski definition) is 3. The minimum absolute atomic E-state index is 0.233. The summed E-state index contributed by atoms with van der Waals surface area (Å²) in [5.74, 6) is 0.747. The number of amides is 1. The highest BCUT2D eigenvalue weighted by molar-refractivity contribution is 5.76. The molecule has 0 aromatic carbocycles. The molecule has 0 aromatic rings. The third-order valence-corrected chi connectivity index (χ3v) is 3.02. The highest BCUT2D eigenvalue weighted by Crippen LogP contribution is 2.18. The van der Waals surface area contributed by atoms with Gasteiger partial charge >= 0.3 is 0 Å². The average molecular weight is 228 g/mol. The lowest BCUT2D eigenvalue weighted by Gasteiger charge is -2.21. The number of carbonyl (C=O) groups is 1. The Balaban J connectivity index is 2.28. The van der Waals surface area contributed by atoms with Crippen LogP contribution in [-0.2, 0) is 9.53 Å². The lowest BCUT2D eigenvalue weighted by atomic mass is 10.00. The number of likely N-dealkylation sites (tertiary alicyclic amines) is 1. The fraction of sp³-hybridized carbons (Fsp3) is 0.917. The molecule has 1 aliphatic heterocycles. The molecule has 0 aliphatic carbocycles. The van der Waals surface area contributed by atoms with Gasteiger partial charge in [-0.3, -0.25) is 4.79 Å². The van der Waals surface area contributed by atoms with Gasteiger partial charge in [-0.25, -0.2) is 0 Å². The van der Waals surface area contributed by atoms with Crippen LogP contribution in [0.2, 0.25) is 0 Å². The van der Waals surface area contributed by atoms with E-state index in [-0.39, 0.29) is 11.4 Å². The summed E-state index contributed by atoms with van der Waals surface area (Å²) in [6.45, 7) is 6.39. The van der Waals surface area contributed by atoms with Crippen LogP contribution in [0.3, 0.4) is 0 Å². The van der Waals surface area contributed by atoms with Crippen LogP contribution in [0.4, 0.5) is 0 Å². The second-order valence-corrected chi connectivity index (χ2v) is 5.44. The zero-order valence-electron chi connectivity index (χ0n) is 10.7. The minimum Gasteiger partial charge on any atom is -0.384 e. The van der Waals surface area contributed by atoms with Gasteiger partial charge in [-0.2, -0.15) is 0 Å². The maximum atomic E-state index is 11.9. The van der Waals surface area contributed by atoms with Crippen molar-refractivity contribution in [3.8, 4) is 0 Å². The summed E-state index contributed by atoms with van der Waals surface area (Å²) in [5, 5.41) is 0. The van der Waals surface area contributed by atoms with Gasteiger partial charge in [-0.05, 0) is 26.7 Å². The Hall–Kier alpha value is -0.610. The van der Waals surface area contributed by atoms with Crippen molar-refractivity contribution in [1.82, 2.24) is 4.90 Å². The molecular weight excluding hydrogens is 204 g/mol. The molecule has 0 aromatic heterocycles. The number of rotatable bonds is 5. The van der Waals surface area contributed by atoms with E-state index in [1.807, 2.05) is 18.7 Å². The first-order valence-corrected chi connectivity index (χ1v) is 5.98. The number of ether oxygens (including phenoxy) is 1. The van der Waals surface area contributed by atoms with Crippen LogP contribution < -0.4 is 5.73 Å². The van der Waals surface area contributed by atoms with Gasteiger partial charge < -0.3 is 15.4 Å². The van der Waals surface area contributed by atoms with Crippen LogP contribution in [0.5, 0.6) is 0 Å². The molecule has 0 bridgehead atoms. The van der Waals surface area contributed by atoms with E-state index >= 15 is 0 Å². The lowest BCUT2D eigenvalue weighted by Crippen LogP contribution is -2.35. The number of nitrogens with two attached hydrogens (primary N) is 1. The van der Waals surface area contributed by atoms with Crippen molar-refractivity contribution >= 4 is 5.91 Å². The van der Waals surface area contributed by atoms with Crippen molar-refractivity contribution in [1.29, 1.82) is 0 Å². The molecule has 16 heavy (non-hydrogen) atoms. The zero-order valence-corrected chi connectivity index (χ0v) is 10.7. The first-order valence-electron chi connectivity index (χ1n) is 5.98. The molecule has 0 spiro atoms. The highest BCUT2D eigenvalue weighted by atomic mass is 16.5. The third-order valence-electron chi connectivity index (χ3n) is 3.02. The van der Waals surface area contributed by atoms with Gasteiger partial charge in [0.05, 0.1) is 6.61 Å². The molecule has 1 rings (SSSR count). The van der Waals surface area contributed by atoms with Gasteiger partial charge in [-0.15, -0.1) is 0 Å². The van der Waals surface area contributed by atoms with Gasteiger partial charge in [0, 0.05) is 38.1 Å². The van der Waals surface area contributed by atoms with Crippen molar-refractivity contribution in [3.05, 3.63) is 0 Å². The molecular formula is C12H24N2O2. The van der Waals surface area contributed by atoms with Crippen LogP contribution >= 0.6 is 0 Å². The molecule has 2 N–H and O–H groups in total. The van der Waals surface area contributed by atoms with Crippen molar-refractivity contribution in [2.24, 2.45) is 11.7 Å². The highest BCUT2D eigenvalue weighted by Gasteiger charge is 2.26. The third kappa shape index (κ3) is 4.49. The maximum Gasteiger partial charge on any atom is 0.222 e. The Bertz CT molecular complexity index is 236. The van der Waals surface area contributed by atoms with Gasteiger partial charge in [0.15, 0.2) is 0 Å². The summed E-state index contributed by atoms with van der Waals surface area (Å²) in [5.41, 5.74) is 5.62. The van der Waals surface area contributed by atoms with Gasteiger partial charge in [-0.1, -0.05) is 0 Å². The largest absolute Gasteiger partial charge is 0.384 e. The molecule has 1 amide bonds. The average Bonchev–Trinajstić information content (AvgIpc) is 2.62. The standard InChI is InChI=1S/C12H24N2O2/c1-12(2,13)6-4-11(15)14-7-5-10(8-14)9-16-3/h10H,4-9,13H2,1-3H3. The van der Waals surface area contributed by atoms with E-state index < -0.39 is 0 Å². The molecule has 4 heteroatoms. The van der Waals surface area contributed by atoms with Gasteiger partial charge in [0.25, 0.3) is 0 Å². The van der Waals surface area contributed by atoms with Crippen molar-refractivity contribution in [3.63, 3.8) is 0 Å². The molecule has 1 saturated heterocycles. The SMILES string of the molecule is COCC1CCN(C(=O)CCC(C)(C)N)C1. The fourth-order valence-electron chi connectivity index (χ4n) is 2.02. The smallest absolute Gasteiger partial charge is 0.222 e. The molecule has 94 valence electrons. The zero-order chi connectivity index (χ0) is 12.2. The first kappa shape index (κ1) is 13.5. The van der Waals surface area contributed by atoms with Gasteiger partial charge in [0.2, 0.25) is 5.91 Å². The van der Waals surface area contributed by atoms with Crippen molar-refractivity contribution < 1.29 is 9.53 Å². The Labute approximate surface area is 98.1 Å². The van der Waals surface area contributed by atoms with Crippen molar-refractivity contribution in [2.45, 2.75) is 38.6 Å². The molecule has 1 unspecified atom stereocenters. The number of nitrogens with zero attached hydrogens (tertiary/aromatic N) is 1. The van der Waals surface area contributed by atoms with E-state index in [1.165, 1.54) is 0 Å². The van der Waals surface area contributed by atoms with E-state index in [2.05, 4.69) is 0 Å². The summed E-state index contributed by atoms with van der Waals surface area (Å²) < 4.78 is 5.11. The predicted molar refractivity (Wildman–Crippen MR) is 64.1 cm³/mol. The molecule has 0 radical (unpaired) electrons. The molecule has 1 atom stereocenters. The van der Waals surface area contributed by atoms with Crippen molar-refractivity contribution in [2.75, 3.05) is 26.8 Å². The Morgan fingerprint density at radius 2 is 2.25 bits per heavy atom. The summed E-state index contributed by atoms with van der Waals surface area (Å²) >= 11 is 0. The summed E-state index contributed by atoms with van der Waals surface area (Å²) in [7, 11) is 1.71. The number of carbonyl (C=O) groups excluding carboxylic acids is 1. The molecule has 1 fully saturated rings. The number of methoxy groups -OCH3 is 1. The summed E-state index contributed by atoms with van der Waals surface area (Å²) in [4.78, 5) is 13.8. The Kier molecular flexibility index (Phi) is 4.74. The monoisotopic (exact) mass is 228 g/mol. The lowest BCUT2D eigenvalue weighted by molar-refractivity contribution is -0.130.